The quantitative estimate of drug-likeness (QED) is 0.445. The lowest BCUT2D eigenvalue weighted by Gasteiger charge is -2.13. The molecule has 0 saturated heterocycles. The van der Waals surface area contributed by atoms with Crippen LogP contribution < -0.4 is 5.56 Å². The average Bonchev–Trinajstić information content (AvgIpc) is 2.97. The van der Waals surface area contributed by atoms with Crippen LogP contribution in [-0.4, -0.2) is 28.4 Å². The Morgan fingerprint density at radius 2 is 2.17 bits per heavy atom. The summed E-state index contributed by atoms with van der Waals surface area (Å²) >= 11 is 2.94. The molecule has 0 bridgehead atoms. The van der Waals surface area contributed by atoms with Gasteiger partial charge in [-0.2, -0.15) is 0 Å². The van der Waals surface area contributed by atoms with Crippen LogP contribution in [-0.2, 0) is 28.9 Å². The molecule has 3 rings (SSSR count). The molecule has 0 fully saturated rings. The first-order chi connectivity index (χ1) is 11.7. The van der Waals surface area contributed by atoms with Gasteiger partial charge in [-0.25, -0.2) is 4.98 Å². The van der Waals surface area contributed by atoms with Crippen LogP contribution in [0, 0.1) is 0 Å². The van der Waals surface area contributed by atoms with Gasteiger partial charge < -0.3 is 4.74 Å². The average molecular weight is 367 g/mol. The zero-order chi connectivity index (χ0) is 17.1. The molecule has 5 nitrogen and oxygen atoms in total. The van der Waals surface area contributed by atoms with E-state index in [2.05, 4.69) is 6.92 Å². The Labute approximate surface area is 149 Å². The molecule has 0 atom stereocenters. The van der Waals surface area contributed by atoms with Gasteiger partial charge in [-0.1, -0.05) is 25.1 Å². The smallest absolute Gasteiger partial charge is 0.316 e. The second kappa shape index (κ2) is 7.70. The zero-order valence-corrected chi connectivity index (χ0v) is 15.7. The van der Waals surface area contributed by atoms with Gasteiger partial charge in [0.05, 0.1) is 18.2 Å². The molecule has 0 aliphatic heterocycles. The molecule has 0 spiro atoms. The first kappa shape index (κ1) is 17.5. The summed E-state index contributed by atoms with van der Waals surface area (Å²) in [5.41, 5.74) is 1.27. The maximum absolute atomic E-state index is 13.1. The van der Waals surface area contributed by atoms with Crippen LogP contribution >= 0.6 is 23.1 Å². The van der Waals surface area contributed by atoms with E-state index in [0.717, 1.165) is 42.3 Å². The van der Waals surface area contributed by atoms with E-state index in [4.69, 9.17) is 9.72 Å². The van der Waals surface area contributed by atoms with E-state index < -0.39 is 0 Å². The molecule has 7 heteroatoms. The molecule has 1 aliphatic carbocycles. The fraction of sp³-hybridized carbons (Fsp3) is 0.588. The number of carbonyl (C=O) groups excluding carboxylic acids is 1. The highest BCUT2D eigenvalue weighted by Gasteiger charge is 2.22. The van der Waals surface area contributed by atoms with Crippen molar-refractivity contribution in [2.75, 3.05) is 12.9 Å². The highest BCUT2D eigenvalue weighted by molar-refractivity contribution is 7.99. The number of thioether (sulfide) groups is 1. The number of nitrogens with zero attached hydrogens (tertiary/aromatic N) is 2. The summed E-state index contributed by atoms with van der Waals surface area (Å²) < 4.78 is 6.46. The fourth-order valence-electron chi connectivity index (χ4n) is 3.03. The normalized spacial score (nSPS) is 13.9. The van der Waals surface area contributed by atoms with E-state index in [1.165, 1.54) is 35.7 Å². The van der Waals surface area contributed by atoms with Crippen LogP contribution in [0.15, 0.2) is 9.95 Å². The maximum Gasteiger partial charge on any atom is 0.316 e. The number of carbonyl (C=O) groups is 1. The highest BCUT2D eigenvalue weighted by atomic mass is 32.2. The first-order valence-electron chi connectivity index (χ1n) is 8.40. The van der Waals surface area contributed by atoms with Crippen molar-refractivity contribution in [3.05, 3.63) is 20.8 Å². The van der Waals surface area contributed by atoms with E-state index >= 15 is 0 Å². The van der Waals surface area contributed by atoms with Gasteiger partial charge in [0.2, 0.25) is 0 Å². The second-order valence-corrected chi connectivity index (χ2v) is 7.99. The number of ether oxygens (including phenoxy) is 1. The summed E-state index contributed by atoms with van der Waals surface area (Å²) in [4.78, 5) is 31.4. The van der Waals surface area contributed by atoms with Gasteiger partial charge >= 0.3 is 5.97 Å². The summed E-state index contributed by atoms with van der Waals surface area (Å²) in [5, 5.41) is 1.44. The lowest BCUT2D eigenvalue weighted by atomic mass is 9.97. The number of hydrogen-bond donors (Lipinski definition) is 0. The minimum absolute atomic E-state index is 0.0558. The third-order valence-corrected chi connectivity index (χ3v) is 6.46. The number of aryl methyl sites for hydroxylation is 2. The van der Waals surface area contributed by atoms with Crippen molar-refractivity contribution in [3.63, 3.8) is 0 Å². The Morgan fingerprint density at radius 3 is 2.92 bits per heavy atom. The fourth-order valence-corrected chi connectivity index (χ4v) is 5.19. The molecule has 0 unspecified atom stereocenters. The van der Waals surface area contributed by atoms with Crippen molar-refractivity contribution >= 4 is 39.3 Å². The predicted octanol–water partition coefficient (Wildman–Crippen LogP) is 3.40. The van der Waals surface area contributed by atoms with Crippen molar-refractivity contribution in [1.29, 1.82) is 0 Å². The van der Waals surface area contributed by atoms with Crippen LogP contribution in [0.25, 0.3) is 10.2 Å². The van der Waals surface area contributed by atoms with Crippen molar-refractivity contribution < 1.29 is 9.53 Å². The van der Waals surface area contributed by atoms with E-state index in [9.17, 15) is 9.59 Å². The number of methoxy groups -OCH3 is 1. The molecule has 2 aromatic rings. The van der Waals surface area contributed by atoms with Crippen LogP contribution in [0.5, 0.6) is 0 Å². The van der Waals surface area contributed by atoms with Gasteiger partial charge in [0.1, 0.15) is 4.83 Å². The first-order valence-corrected chi connectivity index (χ1v) is 10.2. The maximum atomic E-state index is 13.1. The number of hydrogen-bond acceptors (Lipinski definition) is 6. The van der Waals surface area contributed by atoms with Gasteiger partial charge in [-0.05, 0) is 37.7 Å². The van der Waals surface area contributed by atoms with Gasteiger partial charge in [-0.3, -0.25) is 14.2 Å². The van der Waals surface area contributed by atoms with Crippen LogP contribution in [0.2, 0.25) is 0 Å². The SMILES string of the molecule is CCCCn1c(SCC(=O)OC)nc2sc3c(c2c1=O)CCCC3. The van der Waals surface area contributed by atoms with Gasteiger partial charge in [0, 0.05) is 11.4 Å². The van der Waals surface area contributed by atoms with Crippen LogP contribution in [0.4, 0.5) is 0 Å². The van der Waals surface area contributed by atoms with Crippen molar-refractivity contribution in [3.8, 4) is 0 Å². The molecule has 2 heterocycles. The zero-order valence-electron chi connectivity index (χ0n) is 14.1. The summed E-state index contributed by atoms with van der Waals surface area (Å²) in [6, 6.07) is 0. The molecule has 0 N–H and O–H groups in total. The highest BCUT2D eigenvalue weighted by Crippen LogP contribution is 2.34. The van der Waals surface area contributed by atoms with E-state index in [-0.39, 0.29) is 17.3 Å². The van der Waals surface area contributed by atoms with Crippen molar-refractivity contribution in [2.45, 2.75) is 57.1 Å². The van der Waals surface area contributed by atoms with Crippen LogP contribution in [0.1, 0.15) is 43.0 Å². The monoisotopic (exact) mass is 366 g/mol. The summed E-state index contributed by atoms with van der Waals surface area (Å²) in [6.45, 7) is 2.75. The van der Waals surface area contributed by atoms with Crippen LogP contribution in [0.3, 0.4) is 0 Å². The van der Waals surface area contributed by atoms with Crippen molar-refractivity contribution in [2.24, 2.45) is 0 Å². The van der Waals surface area contributed by atoms with Gasteiger partial charge in [0.15, 0.2) is 5.16 Å². The number of rotatable bonds is 6. The lowest BCUT2D eigenvalue weighted by Crippen LogP contribution is -2.24. The van der Waals surface area contributed by atoms with Gasteiger partial charge in [-0.15, -0.1) is 11.3 Å². The Hall–Kier alpha value is -1.34. The Bertz CT molecular complexity index is 810. The molecular formula is C17H22N2O3S2. The standard InChI is InChI=1S/C17H22N2O3S2/c1-3-4-9-19-16(21)14-11-7-5-6-8-12(11)24-15(14)18-17(19)23-10-13(20)22-2/h3-10H2,1-2H3. The van der Waals surface area contributed by atoms with Crippen molar-refractivity contribution in [1.82, 2.24) is 9.55 Å². The molecule has 130 valence electrons. The number of thiophene rings is 1. The molecular weight excluding hydrogens is 344 g/mol. The van der Waals surface area contributed by atoms with Gasteiger partial charge in [0.25, 0.3) is 5.56 Å². The number of esters is 1. The summed E-state index contributed by atoms with van der Waals surface area (Å²) in [6.07, 6.45) is 6.29. The largest absolute Gasteiger partial charge is 0.468 e. The molecule has 1 aliphatic rings. The third kappa shape index (κ3) is 3.37. The molecule has 0 saturated carbocycles. The summed E-state index contributed by atoms with van der Waals surface area (Å²) in [5.74, 6) is -0.132. The number of fused-ring (bicyclic) bond motifs is 3. The topological polar surface area (TPSA) is 61.2 Å². The van der Waals surface area contributed by atoms with E-state index in [0.29, 0.717) is 11.7 Å². The predicted molar refractivity (Wildman–Crippen MR) is 98.2 cm³/mol. The molecule has 2 aromatic heterocycles. The Balaban J connectivity index is 2.07. The number of unbranched alkanes of at least 4 members (excludes halogenated alkanes) is 1. The number of aromatic nitrogens is 2. The minimum atomic E-state index is -0.304. The van der Waals surface area contributed by atoms with E-state index in [1.807, 2.05) is 0 Å². The second-order valence-electron chi connectivity index (χ2n) is 5.96. The summed E-state index contributed by atoms with van der Waals surface area (Å²) in [7, 11) is 1.37. The molecule has 0 aromatic carbocycles. The molecule has 0 radical (unpaired) electrons. The third-order valence-electron chi connectivity index (χ3n) is 4.32. The Morgan fingerprint density at radius 1 is 1.38 bits per heavy atom. The minimum Gasteiger partial charge on any atom is -0.468 e. The lowest BCUT2D eigenvalue weighted by molar-refractivity contribution is -0.137. The molecule has 0 amide bonds. The Kier molecular flexibility index (Phi) is 5.61. The molecule has 24 heavy (non-hydrogen) atoms. The van der Waals surface area contributed by atoms with E-state index in [1.54, 1.807) is 15.9 Å².